The second kappa shape index (κ2) is 15.0. The van der Waals surface area contributed by atoms with E-state index in [9.17, 15) is 19.5 Å². The molecule has 9 heteroatoms. The highest BCUT2D eigenvalue weighted by Crippen LogP contribution is 2.33. The molecule has 5 rings (SSSR count). The molecule has 1 saturated carbocycles. The number of nitrogens with zero attached hydrogens (tertiary/aromatic N) is 1. The summed E-state index contributed by atoms with van der Waals surface area (Å²) in [6, 6.07) is 13.3. The molecule has 2 aromatic rings. The average Bonchev–Trinajstić information content (AvgIpc) is 3.03. The first-order valence-corrected chi connectivity index (χ1v) is 16.4. The molecule has 2 aromatic carbocycles. The summed E-state index contributed by atoms with van der Waals surface area (Å²) in [6.07, 6.45) is 7.43. The van der Waals surface area contributed by atoms with Crippen molar-refractivity contribution >= 4 is 17.7 Å². The number of benzene rings is 2. The summed E-state index contributed by atoms with van der Waals surface area (Å²) < 4.78 is 6.56. The van der Waals surface area contributed by atoms with Crippen LogP contribution in [0.2, 0.25) is 0 Å². The molecule has 1 fully saturated rings. The summed E-state index contributed by atoms with van der Waals surface area (Å²) >= 11 is 0. The summed E-state index contributed by atoms with van der Waals surface area (Å²) in [6.45, 7) is 2.48. The summed E-state index contributed by atoms with van der Waals surface area (Å²) in [4.78, 5) is 42.8. The summed E-state index contributed by atoms with van der Waals surface area (Å²) in [5, 5.41) is 20.3. The van der Waals surface area contributed by atoms with E-state index in [1.165, 1.54) is 17.4 Å². The molecule has 1 aliphatic carbocycles. The Morgan fingerprint density at radius 2 is 1.64 bits per heavy atom. The maximum atomic E-state index is 14.2. The van der Waals surface area contributed by atoms with Crippen LogP contribution in [0, 0.1) is 5.92 Å². The van der Waals surface area contributed by atoms with Crippen LogP contribution in [0.15, 0.2) is 48.5 Å². The summed E-state index contributed by atoms with van der Waals surface area (Å²) in [7, 11) is 1.58. The molecule has 0 aromatic heterocycles. The predicted octanol–water partition coefficient (Wildman–Crippen LogP) is 2.92. The third kappa shape index (κ3) is 7.80. The van der Waals surface area contributed by atoms with E-state index in [0.29, 0.717) is 13.1 Å². The second-order valence-corrected chi connectivity index (χ2v) is 12.7. The van der Waals surface area contributed by atoms with E-state index >= 15 is 0 Å². The highest BCUT2D eigenvalue weighted by Gasteiger charge is 2.39. The standard InChI is InChI=1S/C35H48N4O5/c1-23(40)31-34(42)38-29(21-24-11-5-3-6-12-24)33(41)36-20-10-17-26-15-9-16-27-18-19-28(44-32(26)27)22-37-30(35(43)39(31)2)25-13-7-4-8-14-25/h3,5-6,9,11-12,15-16,23,25,28-31,37,40H,4,7-8,10,13-14,17-22H2,1-2H3,(H,36,41)(H,38,42)/t23?,28?,29-,30+,31-/m0/s1. The minimum atomic E-state index is -1.15. The van der Waals surface area contributed by atoms with Crippen molar-refractivity contribution in [3.8, 4) is 5.75 Å². The number of hydrogen-bond donors (Lipinski definition) is 4. The highest BCUT2D eigenvalue weighted by atomic mass is 16.5. The Morgan fingerprint density at radius 3 is 2.36 bits per heavy atom. The van der Waals surface area contributed by atoms with E-state index in [0.717, 1.165) is 74.7 Å². The second-order valence-electron chi connectivity index (χ2n) is 12.7. The Hall–Kier alpha value is -3.43. The van der Waals surface area contributed by atoms with Crippen LogP contribution in [0.4, 0.5) is 0 Å². The van der Waals surface area contributed by atoms with Crippen molar-refractivity contribution in [3.63, 3.8) is 0 Å². The number of aliphatic hydroxyl groups is 1. The van der Waals surface area contributed by atoms with Crippen molar-refractivity contribution in [2.45, 2.75) is 101 Å². The first kappa shape index (κ1) is 32.0. The highest BCUT2D eigenvalue weighted by molar-refractivity contribution is 5.93. The largest absolute Gasteiger partial charge is 0.489 e. The van der Waals surface area contributed by atoms with Gasteiger partial charge in [0.2, 0.25) is 17.7 Å². The molecule has 4 N–H and O–H groups in total. The van der Waals surface area contributed by atoms with E-state index in [2.05, 4.69) is 34.1 Å². The van der Waals surface area contributed by atoms with Gasteiger partial charge in [-0.25, -0.2) is 0 Å². The number of rotatable bonds is 4. The smallest absolute Gasteiger partial charge is 0.246 e. The summed E-state index contributed by atoms with van der Waals surface area (Å²) in [5.74, 6) is -0.00794. The van der Waals surface area contributed by atoms with Crippen molar-refractivity contribution in [3.05, 3.63) is 65.2 Å². The number of likely N-dealkylation sites (N-methyl/N-ethyl adjacent to an activating group) is 1. The Balaban J connectivity index is 1.45. The molecule has 2 unspecified atom stereocenters. The summed E-state index contributed by atoms with van der Waals surface area (Å²) in [5.41, 5.74) is 3.22. The quantitative estimate of drug-likeness (QED) is 0.426. The van der Waals surface area contributed by atoms with Crippen molar-refractivity contribution in [2.75, 3.05) is 20.1 Å². The lowest BCUT2D eigenvalue weighted by atomic mass is 9.83. The van der Waals surface area contributed by atoms with Crippen LogP contribution < -0.4 is 20.7 Å². The molecule has 238 valence electrons. The monoisotopic (exact) mass is 604 g/mol. The number of carbonyl (C=O) groups excluding carboxylic acids is 3. The fourth-order valence-corrected chi connectivity index (χ4v) is 7.06. The fraction of sp³-hybridized carbons (Fsp3) is 0.571. The zero-order valence-corrected chi connectivity index (χ0v) is 26.1. The molecule has 3 aliphatic rings. The van der Waals surface area contributed by atoms with Gasteiger partial charge in [-0.05, 0) is 68.1 Å². The number of carbonyl (C=O) groups is 3. The van der Waals surface area contributed by atoms with Gasteiger partial charge in [0.15, 0.2) is 0 Å². The lowest BCUT2D eigenvalue weighted by Gasteiger charge is -2.38. The van der Waals surface area contributed by atoms with Crippen LogP contribution in [0.3, 0.4) is 0 Å². The molecule has 0 spiro atoms. The zero-order chi connectivity index (χ0) is 31.1. The molecule has 0 saturated heterocycles. The van der Waals surface area contributed by atoms with Crippen LogP contribution in [0.1, 0.15) is 68.6 Å². The normalized spacial score (nSPS) is 26.9. The molecule has 0 radical (unpaired) electrons. The van der Waals surface area contributed by atoms with Gasteiger partial charge in [-0.2, -0.15) is 0 Å². The minimum Gasteiger partial charge on any atom is -0.489 e. The number of para-hydroxylation sites is 1. The number of amides is 3. The van der Waals surface area contributed by atoms with Gasteiger partial charge in [0.05, 0.1) is 12.1 Å². The average molecular weight is 605 g/mol. The maximum Gasteiger partial charge on any atom is 0.246 e. The molecule has 2 heterocycles. The Kier molecular flexibility index (Phi) is 10.9. The first-order valence-electron chi connectivity index (χ1n) is 16.4. The van der Waals surface area contributed by atoms with Gasteiger partial charge in [-0.1, -0.05) is 67.8 Å². The van der Waals surface area contributed by atoms with Gasteiger partial charge in [0, 0.05) is 26.6 Å². The van der Waals surface area contributed by atoms with Crippen LogP contribution in [-0.2, 0) is 33.6 Å². The van der Waals surface area contributed by atoms with Gasteiger partial charge < -0.3 is 30.7 Å². The van der Waals surface area contributed by atoms with E-state index in [4.69, 9.17) is 4.74 Å². The molecule has 9 nitrogen and oxygen atoms in total. The van der Waals surface area contributed by atoms with Gasteiger partial charge in [-0.15, -0.1) is 0 Å². The van der Waals surface area contributed by atoms with Crippen LogP contribution >= 0.6 is 0 Å². The predicted molar refractivity (Wildman–Crippen MR) is 169 cm³/mol. The van der Waals surface area contributed by atoms with Crippen LogP contribution in [-0.4, -0.2) is 78.2 Å². The van der Waals surface area contributed by atoms with Crippen molar-refractivity contribution in [2.24, 2.45) is 5.92 Å². The molecule has 3 amide bonds. The number of fused-ring (bicyclic) bond motifs is 1. The molecule has 5 atom stereocenters. The number of aryl methyl sites for hydroxylation is 2. The Bertz CT molecular complexity index is 1280. The number of nitrogens with one attached hydrogen (secondary N) is 3. The van der Waals surface area contributed by atoms with Crippen LogP contribution in [0.25, 0.3) is 0 Å². The zero-order valence-electron chi connectivity index (χ0n) is 26.1. The lowest BCUT2D eigenvalue weighted by Crippen LogP contribution is -2.61. The molecular weight excluding hydrogens is 556 g/mol. The molecule has 2 bridgehead atoms. The SMILES string of the molecule is CC(O)[C@H]1C(=O)N[C@@H](Cc2ccccc2)C(=O)NCCCc2cccc3c2OC(CC3)CN[C@H](C2CCCCC2)C(=O)N1C. The third-order valence-electron chi connectivity index (χ3n) is 9.48. The molecular formula is C35H48N4O5. The van der Waals surface area contributed by atoms with Gasteiger partial charge >= 0.3 is 0 Å². The number of ether oxygens (including phenoxy) is 1. The first-order chi connectivity index (χ1) is 21.3. The van der Waals surface area contributed by atoms with Crippen LogP contribution in [0.5, 0.6) is 5.75 Å². The topological polar surface area (TPSA) is 120 Å². The Morgan fingerprint density at radius 1 is 0.909 bits per heavy atom. The minimum absolute atomic E-state index is 0.0824. The maximum absolute atomic E-state index is 14.2. The van der Waals surface area contributed by atoms with Gasteiger partial charge in [0.1, 0.15) is 23.9 Å². The van der Waals surface area contributed by atoms with E-state index in [1.807, 2.05) is 30.3 Å². The van der Waals surface area contributed by atoms with E-state index in [1.54, 1.807) is 7.05 Å². The van der Waals surface area contributed by atoms with Crippen molar-refractivity contribution in [1.29, 1.82) is 0 Å². The number of hydrogen-bond acceptors (Lipinski definition) is 6. The van der Waals surface area contributed by atoms with E-state index < -0.39 is 30.1 Å². The molecule has 44 heavy (non-hydrogen) atoms. The molecule has 2 aliphatic heterocycles. The van der Waals surface area contributed by atoms with Crippen molar-refractivity contribution in [1.82, 2.24) is 20.9 Å². The lowest BCUT2D eigenvalue weighted by molar-refractivity contribution is -0.146. The van der Waals surface area contributed by atoms with E-state index in [-0.39, 0.29) is 30.3 Å². The van der Waals surface area contributed by atoms with Gasteiger partial charge in [-0.3, -0.25) is 14.4 Å². The van der Waals surface area contributed by atoms with Crippen molar-refractivity contribution < 1.29 is 24.2 Å². The Labute approximate surface area is 261 Å². The number of aliphatic hydroxyl groups excluding tert-OH is 1. The third-order valence-corrected chi connectivity index (χ3v) is 9.48. The van der Waals surface area contributed by atoms with Gasteiger partial charge in [0.25, 0.3) is 0 Å². The fourth-order valence-electron chi connectivity index (χ4n) is 7.06.